The number of carbonyl (C=O) groups is 1. The highest BCUT2D eigenvalue weighted by Crippen LogP contribution is 2.22. The second-order valence-corrected chi connectivity index (χ2v) is 6.83. The van der Waals surface area contributed by atoms with Crippen LogP contribution in [-0.2, 0) is 6.61 Å². The van der Waals surface area contributed by atoms with Gasteiger partial charge >= 0.3 is 0 Å². The number of hydrogen-bond acceptors (Lipinski definition) is 5. The van der Waals surface area contributed by atoms with Gasteiger partial charge < -0.3 is 19.1 Å². The molecule has 2 aromatic rings. The molecule has 1 saturated heterocycles. The van der Waals surface area contributed by atoms with Crippen LogP contribution in [0.2, 0.25) is 0 Å². The second-order valence-electron chi connectivity index (χ2n) is 6.83. The lowest BCUT2D eigenvalue weighted by molar-refractivity contribution is 0.0707. The molecule has 146 valence electrons. The molecule has 0 aliphatic carbocycles. The highest BCUT2D eigenvalue weighted by atomic mass is 19.1. The molecule has 2 heterocycles. The second kappa shape index (κ2) is 8.47. The van der Waals surface area contributed by atoms with Gasteiger partial charge in [-0.05, 0) is 38.6 Å². The first-order valence-corrected chi connectivity index (χ1v) is 8.94. The Kier molecular flexibility index (Phi) is 6.05. The van der Waals surface area contributed by atoms with Crippen LogP contribution in [0.5, 0.6) is 5.75 Å². The van der Waals surface area contributed by atoms with Gasteiger partial charge in [-0.1, -0.05) is 17.6 Å². The van der Waals surface area contributed by atoms with E-state index in [1.807, 2.05) is 0 Å². The average molecular weight is 379 g/mol. The fourth-order valence-electron chi connectivity index (χ4n) is 3.21. The number of piperidine rings is 1. The largest absolute Gasteiger partial charge is 0.479 e. The number of amides is 1. The molecular weight excluding hydrogens is 356 g/mol. The van der Waals surface area contributed by atoms with E-state index in [9.17, 15) is 13.6 Å². The molecule has 1 aliphatic heterocycles. The van der Waals surface area contributed by atoms with E-state index in [0.29, 0.717) is 12.6 Å². The number of carbonyl (C=O) groups excluding carboxylic acids is 1. The summed E-state index contributed by atoms with van der Waals surface area (Å²) in [5.74, 6) is -2.14. The molecule has 8 heteroatoms. The number of benzene rings is 1. The first-order valence-electron chi connectivity index (χ1n) is 8.94. The molecule has 1 aliphatic rings. The van der Waals surface area contributed by atoms with E-state index in [4.69, 9.17) is 9.26 Å². The Hall–Kier alpha value is -2.48. The molecule has 1 amide bonds. The Labute approximate surface area is 156 Å². The molecule has 1 aromatic carbocycles. The van der Waals surface area contributed by atoms with Gasteiger partial charge in [0.1, 0.15) is 6.61 Å². The molecule has 1 aromatic heterocycles. The number of aromatic nitrogens is 1. The van der Waals surface area contributed by atoms with Gasteiger partial charge in [0.2, 0.25) is 0 Å². The third kappa shape index (κ3) is 4.63. The van der Waals surface area contributed by atoms with Gasteiger partial charge in [0.15, 0.2) is 28.8 Å². The van der Waals surface area contributed by atoms with E-state index in [-0.39, 0.29) is 24.0 Å². The van der Waals surface area contributed by atoms with Crippen molar-refractivity contribution in [2.45, 2.75) is 31.9 Å². The van der Waals surface area contributed by atoms with Crippen LogP contribution < -0.4 is 4.74 Å². The summed E-state index contributed by atoms with van der Waals surface area (Å²) >= 11 is 0. The highest BCUT2D eigenvalue weighted by molar-refractivity contribution is 5.92. The number of hydrogen-bond donors (Lipinski definition) is 0. The summed E-state index contributed by atoms with van der Waals surface area (Å²) in [7, 11) is 3.79. The molecule has 27 heavy (non-hydrogen) atoms. The van der Waals surface area contributed by atoms with Crippen molar-refractivity contribution in [3.63, 3.8) is 0 Å². The summed E-state index contributed by atoms with van der Waals surface area (Å²) in [6, 6.07) is 5.21. The molecule has 3 rings (SSSR count). The van der Waals surface area contributed by atoms with E-state index in [1.165, 1.54) is 18.6 Å². The van der Waals surface area contributed by atoms with Gasteiger partial charge in [-0.3, -0.25) is 4.79 Å². The minimum absolute atomic E-state index is 0.142. The zero-order valence-electron chi connectivity index (χ0n) is 15.5. The molecular formula is C19H23F2N3O3. The topological polar surface area (TPSA) is 58.8 Å². The lowest BCUT2D eigenvalue weighted by Crippen LogP contribution is -2.45. The molecule has 0 unspecified atom stereocenters. The van der Waals surface area contributed by atoms with Gasteiger partial charge in [0.25, 0.3) is 5.91 Å². The quantitative estimate of drug-likeness (QED) is 0.772. The fourth-order valence-corrected chi connectivity index (χ4v) is 3.21. The van der Waals surface area contributed by atoms with Crippen LogP contribution in [0.1, 0.15) is 35.5 Å². The maximum absolute atomic E-state index is 13.6. The predicted molar refractivity (Wildman–Crippen MR) is 94.4 cm³/mol. The Bertz CT molecular complexity index is 776. The van der Waals surface area contributed by atoms with Crippen LogP contribution in [0.3, 0.4) is 0 Å². The Morgan fingerprint density at radius 1 is 1.37 bits per heavy atom. The summed E-state index contributed by atoms with van der Waals surface area (Å²) < 4.78 is 37.3. The summed E-state index contributed by atoms with van der Waals surface area (Å²) in [4.78, 5) is 16.4. The zero-order valence-corrected chi connectivity index (χ0v) is 15.5. The van der Waals surface area contributed by atoms with Crippen molar-refractivity contribution in [3.05, 3.63) is 47.4 Å². The standard InChI is InChI=1S/C19H23F2N3O3/c1-23-9-4-3-6-13(23)11-24(2)19(25)17-10-14(27-22-17)12-26-18-15(20)7-5-8-16(18)21/h5,7-8,10,13H,3-4,6,9,11-12H2,1-2H3/t13-/m0/s1. The number of halogens is 2. The van der Waals surface area contributed by atoms with Crippen molar-refractivity contribution in [1.29, 1.82) is 0 Å². The molecule has 0 bridgehead atoms. The predicted octanol–water partition coefficient (Wildman–Crippen LogP) is 3.09. The minimum Gasteiger partial charge on any atom is -0.479 e. The van der Waals surface area contributed by atoms with Crippen LogP contribution in [0.15, 0.2) is 28.8 Å². The van der Waals surface area contributed by atoms with E-state index in [1.54, 1.807) is 11.9 Å². The zero-order chi connectivity index (χ0) is 19.4. The molecule has 0 spiro atoms. The first kappa shape index (κ1) is 19.3. The van der Waals surface area contributed by atoms with E-state index in [0.717, 1.165) is 31.5 Å². The average Bonchev–Trinajstić information content (AvgIpc) is 3.11. The van der Waals surface area contributed by atoms with Gasteiger partial charge in [-0.15, -0.1) is 0 Å². The fraction of sp³-hybridized carbons (Fsp3) is 0.474. The van der Waals surface area contributed by atoms with Gasteiger partial charge in [-0.25, -0.2) is 8.78 Å². The lowest BCUT2D eigenvalue weighted by atomic mass is 10.0. The van der Waals surface area contributed by atoms with Gasteiger partial charge in [0.05, 0.1) is 0 Å². The van der Waals surface area contributed by atoms with Gasteiger partial charge in [-0.2, -0.15) is 0 Å². The third-order valence-corrected chi connectivity index (χ3v) is 4.81. The SMILES string of the molecule is CN(C[C@@H]1CCCCN1C)C(=O)c1cc(COc2c(F)cccc2F)on1. The van der Waals surface area contributed by atoms with Crippen molar-refractivity contribution in [1.82, 2.24) is 15.0 Å². The van der Waals surface area contributed by atoms with Crippen LogP contribution in [-0.4, -0.2) is 54.1 Å². The van der Waals surface area contributed by atoms with E-state index < -0.39 is 17.4 Å². The summed E-state index contributed by atoms with van der Waals surface area (Å²) in [5, 5.41) is 3.76. The summed E-state index contributed by atoms with van der Waals surface area (Å²) in [5.41, 5.74) is 0.142. The van der Waals surface area contributed by atoms with Crippen molar-refractivity contribution < 1.29 is 22.8 Å². The third-order valence-electron chi connectivity index (χ3n) is 4.81. The number of likely N-dealkylation sites (N-methyl/N-ethyl adjacent to an activating group) is 2. The lowest BCUT2D eigenvalue weighted by Gasteiger charge is -2.34. The number of ether oxygens (including phenoxy) is 1. The van der Waals surface area contributed by atoms with Crippen molar-refractivity contribution in [2.75, 3.05) is 27.2 Å². The monoisotopic (exact) mass is 379 g/mol. The van der Waals surface area contributed by atoms with E-state index >= 15 is 0 Å². The smallest absolute Gasteiger partial charge is 0.275 e. The van der Waals surface area contributed by atoms with Crippen molar-refractivity contribution in [3.8, 4) is 5.75 Å². The first-order chi connectivity index (χ1) is 13.0. The maximum Gasteiger partial charge on any atom is 0.275 e. The molecule has 1 atom stereocenters. The number of likely N-dealkylation sites (tertiary alicyclic amines) is 1. The van der Waals surface area contributed by atoms with Crippen molar-refractivity contribution in [2.24, 2.45) is 0 Å². The highest BCUT2D eigenvalue weighted by Gasteiger charge is 2.24. The number of para-hydroxylation sites is 1. The van der Waals surface area contributed by atoms with Crippen molar-refractivity contribution >= 4 is 5.91 Å². The van der Waals surface area contributed by atoms with Crippen LogP contribution >= 0.6 is 0 Å². The Balaban J connectivity index is 1.58. The summed E-state index contributed by atoms with van der Waals surface area (Å²) in [6.07, 6.45) is 3.40. The summed E-state index contributed by atoms with van der Waals surface area (Å²) in [6.45, 7) is 1.41. The molecule has 0 saturated carbocycles. The Morgan fingerprint density at radius 2 is 2.11 bits per heavy atom. The molecule has 0 radical (unpaired) electrons. The number of rotatable bonds is 6. The van der Waals surface area contributed by atoms with Crippen LogP contribution in [0, 0.1) is 11.6 Å². The molecule has 6 nitrogen and oxygen atoms in total. The van der Waals surface area contributed by atoms with Gasteiger partial charge in [0, 0.05) is 25.7 Å². The molecule has 1 fully saturated rings. The maximum atomic E-state index is 13.6. The van der Waals surface area contributed by atoms with Crippen LogP contribution in [0.4, 0.5) is 8.78 Å². The molecule has 0 N–H and O–H groups in total. The normalized spacial score (nSPS) is 17.7. The van der Waals surface area contributed by atoms with Crippen LogP contribution in [0.25, 0.3) is 0 Å². The Morgan fingerprint density at radius 3 is 2.81 bits per heavy atom. The number of nitrogens with zero attached hydrogens (tertiary/aromatic N) is 3. The van der Waals surface area contributed by atoms with E-state index in [2.05, 4.69) is 17.1 Å². The minimum atomic E-state index is -0.804.